The van der Waals surface area contributed by atoms with Crippen molar-refractivity contribution < 1.29 is 4.74 Å². The molecule has 0 aliphatic heterocycles. The fourth-order valence-electron chi connectivity index (χ4n) is 5.53. The molecule has 2 aromatic carbocycles. The molecule has 0 spiro atoms. The maximum atomic E-state index is 5.94. The lowest BCUT2D eigenvalue weighted by Gasteiger charge is -2.29. The van der Waals surface area contributed by atoms with Crippen LogP contribution in [0.4, 0.5) is 11.8 Å². The van der Waals surface area contributed by atoms with Crippen LogP contribution in [0.1, 0.15) is 83.1 Å². The molecule has 0 saturated heterocycles. The minimum Gasteiger partial charge on any atom is -0.494 e. The largest absolute Gasteiger partial charge is 0.494 e. The molecule has 0 unspecified atom stereocenters. The third-order valence-corrected chi connectivity index (χ3v) is 7.89. The summed E-state index contributed by atoms with van der Waals surface area (Å²) in [6, 6.07) is 17.3. The molecule has 1 saturated carbocycles. The summed E-state index contributed by atoms with van der Waals surface area (Å²) in [6.07, 6.45) is 14.0. The number of nitrogens with one attached hydrogen (secondary N) is 2. The number of hydrogen-bond acceptors (Lipinski definition) is 6. The monoisotopic (exact) mass is 531 g/mol. The fourth-order valence-corrected chi connectivity index (χ4v) is 5.53. The highest BCUT2D eigenvalue weighted by atomic mass is 16.5. The molecule has 0 amide bonds. The maximum Gasteiger partial charge on any atom is 0.225 e. The van der Waals surface area contributed by atoms with E-state index in [1.54, 1.807) is 0 Å². The van der Waals surface area contributed by atoms with E-state index in [-0.39, 0.29) is 0 Å². The zero-order valence-corrected chi connectivity index (χ0v) is 24.4. The van der Waals surface area contributed by atoms with Crippen molar-refractivity contribution in [3.63, 3.8) is 0 Å². The summed E-state index contributed by atoms with van der Waals surface area (Å²) >= 11 is 0. The van der Waals surface area contributed by atoms with Gasteiger partial charge in [-0.05, 0) is 74.4 Å². The first-order valence-electron chi connectivity index (χ1n) is 15.3. The van der Waals surface area contributed by atoms with Crippen LogP contribution in [0, 0.1) is 5.92 Å². The van der Waals surface area contributed by atoms with Gasteiger partial charge in [0.15, 0.2) is 0 Å². The molecule has 2 N–H and O–H groups in total. The Balaban J connectivity index is 1.11. The number of benzene rings is 2. The smallest absolute Gasteiger partial charge is 0.225 e. The Morgan fingerprint density at radius 1 is 0.846 bits per heavy atom. The highest BCUT2D eigenvalue weighted by Gasteiger charge is 2.22. The zero-order chi connectivity index (χ0) is 27.3. The van der Waals surface area contributed by atoms with Crippen LogP contribution >= 0.6 is 0 Å². The van der Waals surface area contributed by atoms with E-state index in [1.807, 2.05) is 26.2 Å². The van der Waals surface area contributed by atoms with E-state index in [9.17, 15) is 0 Å². The van der Waals surface area contributed by atoms with Crippen LogP contribution in [0.5, 0.6) is 5.75 Å². The third-order valence-electron chi connectivity index (χ3n) is 7.89. The van der Waals surface area contributed by atoms with E-state index < -0.39 is 0 Å². The Labute approximate surface area is 236 Å². The molecule has 6 nitrogen and oxygen atoms in total. The topological polar surface area (TPSA) is 62.3 Å². The van der Waals surface area contributed by atoms with Gasteiger partial charge in [0.25, 0.3) is 0 Å². The number of anilines is 2. The maximum absolute atomic E-state index is 5.94. The normalized spacial score (nSPS) is 17.3. The van der Waals surface area contributed by atoms with Crippen molar-refractivity contribution in [1.82, 2.24) is 15.3 Å². The van der Waals surface area contributed by atoms with E-state index >= 15 is 0 Å². The second-order valence-corrected chi connectivity index (χ2v) is 11.4. The summed E-state index contributed by atoms with van der Waals surface area (Å²) in [4.78, 5) is 11.7. The van der Waals surface area contributed by atoms with Crippen LogP contribution in [0.15, 0.2) is 48.5 Å². The van der Waals surface area contributed by atoms with E-state index in [0.717, 1.165) is 73.3 Å². The number of para-hydroxylation sites is 1. The lowest BCUT2D eigenvalue weighted by Crippen LogP contribution is -2.31. The number of ether oxygens (including phenoxy) is 1. The van der Waals surface area contributed by atoms with Gasteiger partial charge >= 0.3 is 0 Å². The molecule has 1 aromatic heterocycles. The van der Waals surface area contributed by atoms with Crippen LogP contribution in [-0.4, -0.2) is 43.3 Å². The third kappa shape index (κ3) is 9.38. The SMILES string of the molecule is CCCCCCCCCOc1ccc(CNCC2CCC(Nc3nc(N(C)C)c4ccccc4n3)CC2)cc1. The number of hydrogen-bond donors (Lipinski definition) is 2. The first-order chi connectivity index (χ1) is 19.1. The minimum atomic E-state index is 0.436. The molecule has 6 heteroatoms. The molecule has 0 bridgehead atoms. The van der Waals surface area contributed by atoms with Gasteiger partial charge in [0.05, 0.1) is 12.1 Å². The van der Waals surface area contributed by atoms with Gasteiger partial charge in [-0.15, -0.1) is 0 Å². The lowest BCUT2D eigenvalue weighted by atomic mass is 9.86. The van der Waals surface area contributed by atoms with Crippen LogP contribution in [-0.2, 0) is 6.54 Å². The van der Waals surface area contributed by atoms with E-state index in [2.05, 4.69) is 58.9 Å². The summed E-state index contributed by atoms with van der Waals surface area (Å²) < 4.78 is 5.94. The Kier molecular flexibility index (Phi) is 11.7. The number of unbranched alkanes of at least 4 members (excludes halogenated alkanes) is 6. The highest BCUT2D eigenvalue weighted by Crippen LogP contribution is 2.28. The van der Waals surface area contributed by atoms with Gasteiger partial charge in [0, 0.05) is 32.1 Å². The Bertz CT molecular complexity index is 1110. The minimum absolute atomic E-state index is 0.436. The highest BCUT2D eigenvalue weighted by molar-refractivity contribution is 5.90. The second kappa shape index (κ2) is 15.7. The van der Waals surface area contributed by atoms with Crippen molar-refractivity contribution in [2.24, 2.45) is 5.92 Å². The van der Waals surface area contributed by atoms with Crippen molar-refractivity contribution in [2.75, 3.05) is 37.5 Å². The Morgan fingerprint density at radius 2 is 1.56 bits per heavy atom. The standard InChI is InChI=1S/C33H49N5O/c1-4-5-6-7-8-9-12-23-39-29-21-17-27(18-22-29)25-34-24-26-15-19-28(20-16-26)35-33-36-31-14-11-10-13-30(31)32(37-33)38(2)3/h10-11,13-14,17-18,21-22,26,28,34H,4-9,12,15-16,19-20,23-25H2,1-3H3,(H,35,36,37). The molecule has 212 valence electrons. The molecule has 1 heterocycles. The van der Waals surface area contributed by atoms with Gasteiger partial charge in [-0.1, -0.05) is 69.7 Å². The summed E-state index contributed by atoms with van der Waals surface area (Å²) in [5, 5.41) is 8.40. The number of nitrogens with zero attached hydrogens (tertiary/aromatic N) is 3. The Morgan fingerprint density at radius 3 is 2.31 bits per heavy atom. The van der Waals surface area contributed by atoms with Crippen LogP contribution in [0.25, 0.3) is 10.9 Å². The molecule has 1 fully saturated rings. The summed E-state index contributed by atoms with van der Waals surface area (Å²) in [6.45, 7) is 5.08. The number of aromatic nitrogens is 2. The van der Waals surface area contributed by atoms with Crippen molar-refractivity contribution in [3.8, 4) is 5.75 Å². The van der Waals surface area contributed by atoms with Crippen molar-refractivity contribution in [2.45, 2.75) is 90.1 Å². The molecule has 1 aliphatic rings. The van der Waals surface area contributed by atoms with Gasteiger partial charge < -0.3 is 20.3 Å². The predicted octanol–water partition coefficient (Wildman–Crippen LogP) is 7.59. The van der Waals surface area contributed by atoms with Gasteiger partial charge in [0.1, 0.15) is 11.6 Å². The molecular weight excluding hydrogens is 482 g/mol. The van der Waals surface area contributed by atoms with Crippen molar-refractivity contribution in [1.29, 1.82) is 0 Å². The average molecular weight is 532 g/mol. The molecule has 39 heavy (non-hydrogen) atoms. The summed E-state index contributed by atoms with van der Waals surface area (Å²) in [5.41, 5.74) is 2.31. The predicted molar refractivity (Wildman–Crippen MR) is 165 cm³/mol. The van der Waals surface area contributed by atoms with E-state index in [1.165, 1.54) is 56.9 Å². The van der Waals surface area contributed by atoms with E-state index in [0.29, 0.717) is 6.04 Å². The quantitative estimate of drug-likeness (QED) is 0.186. The molecular formula is C33H49N5O. The van der Waals surface area contributed by atoms with Crippen LogP contribution < -0.4 is 20.3 Å². The van der Waals surface area contributed by atoms with Crippen molar-refractivity contribution >= 4 is 22.7 Å². The van der Waals surface area contributed by atoms with Gasteiger partial charge in [-0.3, -0.25) is 0 Å². The number of rotatable bonds is 16. The van der Waals surface area contributed by atoms with Crippen LogP contribution in [0.3, 0.4) is 0 Å². The first-order valence-corrected chi connectivity index (χ1v) is 15.3. The average Bonchev–Trinajstić information content (AvgIpc) is 2.95. The lowest BCUT2D eigenvalue weighted by molar-refractivity contribution is 0.304. The van der Waals surface area contributed by atoms with Gasteiger partial charge in [-0.2, -0.15) is 4.98 Å². The van der Waals surface area contributed by atoms with Crippen LogP contribution in [0.2, 0.25) is 0 Å². The number of fused-ring (bicyclic) bond motifs is 1. The first kappa shape index (κ1) is 29.1. The fraction of sp³-hybridized carbons (Fsp3) is 0.576. The summed E-state index contributed by atoms with van der Waals surface area (Å²) in [5.74, 6) is 3.42. The van der Waals surface area contributed by atoms with Gasteiger partial charge in [-0.25, -0.2) is 4.98 Å². The van der Waals surface area contributed by atoms with Crippen molar-refractivity contribution in [3.05, 3.63) is 54.1 Å². The molecule has 3 aromatic rings. The summed E-state index contributed by atoms with van der Waals surface area (Å²) in [7, 11) is 4.08. The molecule has 0 atom stereocenters. The van der Waals surface area contributed by atoms with E-state index in [4.69, 9.17) is 14.7 Å². The molecule has 0 radical (unpaired) electrons. The second-order valence-electron chi connectivity index (χ2n) is 11.4. The molecule has 4 rings (SSSR count). The molecule has 1 aliphatic carbocycles. The Hall–Kier alpha value is -2.86. The van der Waals surface area contributed by atoms with Gasteiger partial charge in [0.2, 0.25) is 5.95 Å². The zero-order valence-electron chi connectivity index (χ0n) is 24.4.